The Balaban J connectivity index is 1.51. The highest BCUT2D eigenvalue weighted by Crippen LogP contribution is 2.32. The smallest absolute Gasteiger partial charge is 0.234 e. The predicted octanol–water partition coefficient (Wildman–Crippen LogP) is 3.83. The second-order valence-corrected chi connectivity index (χ2v) is 7.41. The predicted molar refractivity (Wildman–Crippen MR) is 109 cm³/mol. The van der Waals surface area contributed by atoms with Gasteiger partial charge < -0.3 is 10.1 Å². The monoisotopic (exact) mass is 366 g/mol. The van der Waals surface area contributed by atoms with Crippen molar-refractivity contribution in [1.29, 1.82) is 0 Å². The van der Waals surface area contributed by atoms with Gasteiger partial charge in [0.1, 0.15) is 5.75 Å². The summed E-state index contributed by atoms with van der Waals surface area (Å²) in [6, 6.07) is 18.7. The Labute approximate surface area is 162 Å². The normalized spacial score (nSPS) is 14.8. The molecule has 4 heteroatoms. The first kappa shape index (κ1) is 19.4. The van der Waals surface area contributed by atoms with Gasteiger partial charge >= 0.3 is 0 Å². The summed E-state index contributed by atoms with van der Waals surface area (Å²) in [7, 11) is 1.67. The minimum Gasteiger partial charge on any atom is -0.497 e. The van der Waals surface area contributed by atoms with E-state index in [-0.39, 0.29) is 11.9 Å². The summed E-state index contributed by atoms with van der Waals surface area (Å²) < 4.78 is 5.25. The van der Waals surface area contributed by atoms with Gasteiger partial charge in [-0.3, -0.25) is 9.69 Å². The second-order valence-electron chi connectivity index (χ2n) is 7.41. The number of methoxy groups -OCH3 is 1. The van der Waals surface area contributed by atoms with E-state index in [9.17, 15) is 4.79 Å². The molecule has 27 heavy (non-hydrogen) atoms. The summed E-state index contributed by atoms with van der Waals surface area (Å²) in [5.41, 5.74) is 2.43. The molecule has 1 amide bonds. The Morgan fingerprint density at radius 1 is 1.19 bits per heavy atom. The second kappa shape index (κ2) is 9.56. The SMILES string of the molecule is COc1cccc(CCNC(=O)CN(CC2CC2)C(C)c2ccccc2)c1. The van der Waals surface area contributed by atoms with Gasteiger partial charge in [0, 0.05) is 19.1 Å². The van der Waals surface area contributed by atoms with E-state index in [4.69, 9.17) is 4.74 Å². The number of hydrogen-bond acceptors (Lipinski definition) is 3. The summed E-state index contributed by atoms with van der Waals surface area (Å²) in [6.07, 6.45) is 3.38. The highest BCUT2D eigenvalue weighted by Gasteiger charge is 2.28. The third-order valence-corrected chi connectivity index (χ3v) is 5.24. The molecule has 0 aromatic heterocycles. The molecule has 0 spiro atoms. The zero-order chi connectivity index (χ0) is 19.1. The minimum atomic E-state index is 0.0985. The zero-order valence-electron chi connectivity index (χ0n) is 16.4. The van der Waals surface area contributed by atoms with Crippen LogP contribution in [0.15, 0.2) is 54.6 Å². The summed E-state index contributed by atoms with van der Waals surface area (Å²) in [5, 5.41) is 3.08. The minimum absolute atomic E-state index is 0.0985. The van der Waals surface area contributed by atoms with Crippen LogP contribution in [0.5, 0.6) is 5.75 Å². The Morgan fingerprint density at radius 3 is 2.67 bits per heavy atom. The number of carbonyl (C=O) groups is 1. The molecule has 1 N–H and O–H groups in total. The Morgan fingerprint density at radius 2 is 1.96 bits per heavy atom. The van der Waals surface area contributed by atoms with E-state index in [0.717, 1.165) is 24.6 Å². The van der Waals surface area contributed by atoms with Crippen molar-refractivity contribution in [3.8, 4) is 5.75 Å². The van der Waals surface area contributed by atoms with E-state index in [1.165, 1.54) is 24.0 Å². The maximum Gasteiger partial charge on any atom is 0.234 e. The number of carbonyl (C=O) groups excluding carboxylic acids is 1. The van der Waals surface area contributed by atoms with Gasteiger partial charge in [-0.25, -0.2) is 0 Å². The van der Waals surface area contributed by atoms with Crippen LogP contribution in [0.4, 0.5) is 0 Å². The number of nitrogens with zero attached hydrogens (tertiary/aromatic N) is 1. The molecular weight excluding hydrogens is 336 g/mol. The number of ether oxygens (including phenoxy) is 1. The molecule has 0 saturated heterocycles. The fourth-order valence-corrected chi connectivity index (χ4v) is 3.35. The summed E-state index contributed by atoms with van der Waals surface area (Å²) >= 11 is 0. The van der Waals surface area contributed by atoms with Crippen LogP contribution >= 0.6 is 0 Å². The molecule has 1 aliphatic rings. The molecular formula is C23H30N2O2. The molecule has 0 heterocycles. The van der Waals surface area contributed by atoms with Crippen LogP contribution in [0.2, 0.25) is 0 Å². The maximum absolute atomic E-state index is 12.5. The van der Waals surface area contributed by atoms with Crippen molar-refractivity contribution in [3.05, 3.63) is 65.7 Å². The molecule has 4 nitrogen and oxygen atoms in total. The Bertz CT molecular complexity index is 728. The summed E-state index contributed by atoms with van der Waals surface area (Å²) in [6.45, 7) is 4.29. The molecule has 3 rings (SSSR count). The number of rotatable bonds is 10. The van der Waals surface area contributed by atoms with Crippen molar-refractivity contribution in [2.24, 2.45) is 5.92 Å². The number of benzene rings is 2. The van der Waals surface area contributed by atoms with Crippen molar-refractivity contribution in [2.45, 2.75) is 32.2 Å². The van der Waals surface area contributed by atoms with Gasteiger partial charge in [0.25, 0.3) is 0 Å². The fraction of sp³-hybridized carbons (Fsp3) is 0.435. The topological polar surface area (TPSA) is 41.6 Å². The quantitative estimate of drug-likeness (QED) is 0.695. The number of hydrogen-bond donors (Lipinski definition) is 1. The van der Waals surface area contributed by atoms with Crippen molar-refractivity contribution in [2.75, 3.05) is 26.7 Å². The lowest BCUT2D eigenvalue weighted by Gasteiger charge is -2.29. The van der Waals surface area contributed by atoms with E-state index < -0.39 is 0 Å². The summed E-state index contributed by atoms with van der Waals surface area (Å²) in [5.74, 6) is 1.70. The third kappa shape index (κ3) is 6.10. The Hall–Kier alpha value is -2.33. The van der Waals surface area contributed by atoms with Crippen molar-refractivity contribution in [3.63, 3.8) is 0 Å². The largest absolute Gasteiger partial charge is 0.497 e. The average molecular weight is 367 g/mol. The lowest BCUT2D eigenvalue weighted by Crippen LogP contribution is -2.40. The fourth-order valence-electron chi connectivity index (χ4n) is 3.35. The van der Waals surface area contributed by atoms with Crippen LogP contribution < -0.4 is 10.1 Å². The average Bonchev–Trinajstić information content (AvgIpc) is 3.52. The molecule has 1 atom stereocenters. The van der Waals surface area contributed by atoms with Crippen LogP contribution in [-0.4, -0.2) is 37.6 Å². The van der Waals surface area contributed by atoms with E-state index >= 15 is 0 Å². The number of amides is 1. The van der Waals surface area contributed by atoms with Crippen LogP contribution in [0.3, 0.4) is 0 Å². The molecule has 1 saturated carbocycles. The highest BCUT2D eigenvalue weighted by molar-refractivity contribution is 5.78. The summed E-state index contributed by atoms with van der Waals surface area (Å²) in [4.78, 5) is 14.8. The van der Waals surface area contributed by atoms with E-state index in [1.54, 1.807) is 7.11 Å². The standard InChI is InChI=1S/C23H30N2O2/c1-18(21-8-4-3-5-9-21)25(16-20-11-12-20)17-23(26)24-14-13-19-7-6-10-22(15-19)27-2/h3-10,15,18,20H,11-14,16-17H2,1-2H3,(H,24,26). The lowest BCUT2D eigenvalue weighted by atomic mass is 10.1. The molecule has 0 radical (unpaired) electrons. The van der Waals surface area contributed by atoms with Crippen LogP contribution in [-0.2, 0) is 11.2 Å². The molecule has 0 aliphatic heterocycles. The molecule has 1 unspecified atom stereocenters. The van der Waals surface area contributed by atoms with Gasteiger partial charge in [-0.15, -0.1) is 0 Å². The van der Waals surface area contributed by atoms with Gasteiger partial charge in [0.2, 0.25) is 5.91 Å². The van der Waals surface area contributed by atoms with Crippen LogP contribution in [0.25, 0.3) is 0 Å². The third-order valence-electron chi connectivity index (χ3n) is 5.24. The van der Waals surface area contributed by atoms with Crippen molar-refractivity contribution < 1.29 is 9.53 Å². The first-order valence-corrected chi connectivity index (χ1v) is 9.84. The zero-order valence-corrected chi connectivity index (χ0v) is 16.4. The molecule has 0 bridgehead atoms. The van der Waals surface area contributed by atoms with Crippen LogP contribution in [0.1, 0.15) is 36.9 Å². The van der Waals surface area contributed by atoms with Crippen molar-refractivity contribution >= 4 is 5.91 Å². The van der Waals surface area contributed by atoms with E-state index in [0.29, 0.717) is 13.1 Å². The van der Waals surface area contributed by atoms with Gasteiger partial charge in [0.15, 0.2) is 0 Å². The molecule has 144 valence electrons. The van der Waals surface area contributed by atoms with Gasteiger partial charge in [-0.2, -0.15) is 0 Å². The van der Waals surface area contributed by atoms with Gasteiger partial charge in [-0.05, 0) is 55.4 Å². The lowest BCUT2D eigenvalue weighted by molar-refractivity contribution is -0.122. The first-order chi connectivity index (χ1) is 13.2. The number of nitrogens with one attached hydrogen (secondary N) is 1. The first-order valence-electron chi connectivity index (χ1n) is 9.84. The molecule has 2 aromatic rings. The van der Waals surface area contributed by atoms with E-state index in [1.807, 2.05) is 24.3 Å². The molecule has 2 aromatic carbocycles. The van der Waals surface area contributed by atoms with E-state index in [2.05, 4.69) is 47.5 Å². The van der Waals surface area contributed by atoms with Crippen molar-refractivity contribution in [1.82, 2.24) is 10.2 Å². The van der Waals surface area contributed by atoms with Crippen LogP contribution in [0, 0.1) is 5.92 Å². The Kier molecular flexibility index (Phi) is 6.88. The molecule has 1 fully saturated rings. The maximum atomic E-state index is 12.5. The highest BCUT2D eigenvalue weighted by atomic mass is 16.5. The van der Waals surface area contributed by atoms with Gasteiger partial charge in [-0.1, -0.05) is 42.5 Å². The molecule has 1 aliphatic carbocycles. The van der Waals surface area contributed by atoms with Gasteiger partial charge in [0.05, 0.1) is 13.7 Å².